The van der Waals surface area contributed by atoms with E-state index in [0.717, 1.165) is 12.5 Å². The highest BCUT2D eigenvalue weighted by atomic mass is 16.2. The van der Waals surface area contributed by atoms with Crippen molar-refractivity contribution in [1.82, 2.24) is 10.2 Å². The Kier molecular flexibility index (Phi) is 2.85. The molecule has 1 atom stereocenters. The highest BCUT2D eigenvalue weighted by Crippen LogP contribution is 2.31. The van der Waals surface area contributed by atoms with Gasteiger partial charge in [0.05, 0.1) is 6.54 Å². The fourth-order valence-corrected chi connectivity index (χ4v) is 2.63. The SMILES string of the molecule is O=C1CNC(c2ccccc2)N1CC1CCC1. The summed E-state index contributed by atoms with van der Waals surface area (Å²) in [4.78, 5) is 13.9. The quantitative estimate of drug-likeness (QED) is 0.860. The van der Waals surface area contributed by atoms with Crippen LogP contribution in [0, 0.1) is 5.92 Å². The summed E-state index contributed by atoms with van der Waals surface area (Å²) in [5, 5.41) is 3.30. The molecule has 1 aromatic carbocycles. The van der Waals surface area contributed by atoms with Crippen LogP contribution in [0.15, 0.2) is 30.3 Å². The normalized spacial score (nSPS) is 25.1. The number of hydrogen-bond acceptors (Lipinski definition) is 2. The minimum atomic E-state index is 0.0873. The molecule has 2 fully saturated rings. The van der Waals surface area contributed by atoms with E-state index < -0.39 is 0 Å². The van der Waals surface area contributed by atoms with Crippen LogP contribution in [0.4, 0.5) is 0 Å². The summed E-state index contributed by atoms with van der Waals surface area (Å²) in [6.45, 7) is 1.40. The van der Waals surface area contributed by atoms with Crippen LogP contribution in [0.2, 0.25) is 0 Å². The smallest absolute Gasteiger partial charge is 0.238 e. The van der Waals surface area contributed by atoms with Crippen molar-refractivity contribution in [2.45, 2.75) is 25.4 Å². The molecule has 2 aliphatic rings. The second kappa shape index (κ2) is 4.49. The van der Waals surface area contributed by atoms with Gasteiger partial charge in [0, 0.05) is 6.54 Å². The number of carbonyl (C=O) groups is 1. The van der Waals surface area contributed by atoms with Crippen LogP contribution in [0.5, 0.6) is 0 Å². The maximum absolute atomic E-state index is 11.9. The Hall–Kier alpha value is -1.35. The van der Waals surface area contributed by atoms with Gasteiger partial charge in [-0.25, -0.2) is 0 Å². The largest absolute Gasteiger partial charge is 0.322 e. The first-order valence-corrected chi connectivity index (χ1v) is 6.42. The van der Waals surface area contributed by atoms with E-state index in [2.05, 4.69) is 17.4 Å². The average Bonchev–Trinajstić information content (AvgIpc) is 2.66. The Morgan fingerprint density at radius 3 is 2.65 bits per heavy atom. The van der Waals surface area contributed by atoms with Crippen molar-refractivity contribution >= 4 is 5.91 Å². The minimum Gasteiger partial charge on any atom is -0.322 e. The molecule has 1 aromatic rings. The lowest BCUT2D eigenvalue weighted by molar-refractivity contribution is -0.129. The summed E-state index contributed by atoms with van der Waals surface area (Å²) in [7, 11) is 0. The molecule has 1 amide bonds. The number of amides is 1. The molecular weight excluding hydrogens is 212 g/mol. The van der Waals surface area contributed by atoms with E-state index in [9.17, 15) is 4.79 Å². The first-order valence-electron chi connectivity index (χ1n) is 6.42. The molecule has 0 aromatic heterocycles. The molecule has 1 unspecified atom stereocenters. The van der Waals surface area contributed by atoms with Crippen molar-refractivity contribution < 1.29 is 4.79 Å². The zero-order valence-electron chi connectivity index (χ0n) is 9.93. The third kappa shape index (κ3) is 2.07. The van der Waals surface area contributed by atoms with Crippen molar-refractivity contribution in [3.05, 3.63) is 35.9 Å². The zero-order valence-corrected chi connectivity index (χ0v) is 9.93. The van der Waals surface area contributed by atoms with E-state index in [4.69, 9.17) is 0 Å². The predicted octanol–water partition coefficient (Wildman–Crippen LogP) is 1.92. The third-order valence-electron chi connectivity index (χ3n) is 3.87. The van der Waals surface area contributed by atoms with Crippen molar-refractivity contribution in [3.63, 3.8) is 0 Å². The minimum absolute atomic E-state index is 0.0873. The number of hydrogen-bond donors (Lipinski definition) is 1. The molecule has 1 aliphatic carbocycles. The molecule has 0 bridgehead atoms. The lowest BCUT2D eigenvalue weighted by Gasteiger charge is -2.33. The second-order valence-electron chi connectivity index (χ2n) is 5.04. The molecule has 17 heavy (non-hydrogen) atoms. The van der Waals surface area contributed by atoms with Crippen LogP contribution in [-0.4, -0.2) is 23.9 Å². The Bertz CT molecular complexity index is 400. The Morgan fingerprint density at radius 2 is 2.00 bits per heavy atom. The molecule has 1 N–H and O–H groups in total. The van der Waals surface area contributed by atoms with Crippen LogP contribution in [0.1, 0.15) is 31.0 Å². The molecule has 1 heterocycles. The van der Waals surface area contributed by atoms with Gasteiger partial charge in [-0.2, -0.15) is 0 Å². The van der Waals surface area contributed by atoms with E-state index in [1.54, 1.807) is 0 Å². The molecule has 3 nitrogen and oxygen atoms in total. The van der Waals surface area contributed by atoms with Crippen LogP contribution in [0.25, 0.3) is 0 Å². The standard InChI is InChI=1S/C14H18N2O/c17-13-9-15-14(12-7-2-1-3-8-12)16(13)10-11-5-4-6-11/h1-3,7-8,11,14-15H,4-6,9-10H2. The first-order chi connectivity index (χ1) is 8.34. The summed E-state index contributed by atoms with van der Waals surface area (Å²) in [6, 6.07) is 10.2. The number of nitrogens with zero attached hydrogens (tertiary/aromatic N) is 1. The molecule has 90 valence electrons. The molecule has 3 rings (SSSR count). The fraction of sp³-hybridized carbons (Fsp3) is 0.500. The topological polar surface area (TPSA) is 32.3 Å². The molecule has 0 spiro atoms. The van der Waals surface area contributed by atoms with Crippen LogP contribution in [0.3, 0.4) is 0 Å². The van der Waals surface area contributed by atoms with Gasteiger partial charge >= 0.3 is 0 Å². The maximum Gasteiger partial charge on any atom is 0.238 e. The van der Waals surface area contributed by atoms with Crippen LogP contribution >= 0.6 is 0 Å². The van der Waals surface area contributed by atoms with Gasteiger partial charge < -0.3 is 4.90 Å². The predicted molar refractivity (Wildman–Crippen MR) is 66.2 cm³/mol. The Labute approximate surface area is 102 Å². The second-order valence-corrected chi connectivity index (χ2v) is 5.04. The number of carbonyl (C=O) groups excluding carboxylic acids is 1. The Morgan fingerprint density at radius 1 is 1.24 bits per heavy atom. The van der Waals surface area contributed by atoms with Gasteiger partial charge in [0.25, 0.3) is 0 Å². The molecular formula is C14H18N2O. The van der Waals surface area contributed by atoms with Crippen molar-refractivity contribution in [2.24, 2.45) is 5.92 Å². The van der Waals surface area contributed by atoms with Gasteiger partial charge in [-0.1, -0.05) is 36.8 Å². The maximum atomic E-state index is 11.9. The number of rotatable bonds is 3. The van der Waals surface area contributed by atoms with Crippen molar-refractivity contribution in [1.29, 1.82) is 0 Å². The van der Waals surface area contributed by atoms with Crippen molar-refractivity contribution in [2.75, 3.05) is 13.1 Å². The van der Waals surface area contributed by atoms with E-state index in [-0.39, 0.29) is 12.1 Å². The summed E-state index contributed by atoms with van der Waals surface area (Å²) >= 11 is 0. The fourth-order valence-electron chi connectivity index (χ4n) is 2.63. The lowest BCUT2D eigenvalue weighted by atomic mass is 9.85. The zero-order chi connectivity index (χ0) is 11.7. The summed E-state index contributed by atoms with van der Waals surface area (Å²) < 4.78 is 0. The number of nitrogens with one attached hydrogen (secondary N) is 1. The van der Waals surface area contributed by atoms with Gasteiger partial charge in [0.2, 0.25) is 5.91 Å². The molecule has 0 radical (unpaired) electrons. The van der Waals surface area contributed by atoms with Gasteiger partial charge in [0.1, 0.15) is 6.17 Å². The van der Waals surface area contributed by atoms with Gasteiger partial charge in [0.15, 0.2) is 0 Å². The summed E-state index contributed by atoms with van der Waals surface area (Å²) in [6.07, 6.45) is 3.98. The molecule has 1 saturated heterocycles. The molecule has 3 heteroatoms. The molecule has 1 aliphatic heterocycles. The van der Waals surface area contributed by atoms with Crippen LogP contribution < -0.4 is 5.32 Å². The Balaban J connectivity index is 1.76. The van der Waals surface area contributed by atoms with Crippen molar-refractivity contribution in [3.8, 4) is 0 Å². The monoisotopic (exact) mass is 230 g/mol. The molecule has 1 saturated carbocycles. The van der Waals surface area contributed by atoms with E-state index >= 15 is 0 Å². The van der Waals surface area contributed by atoms with Crippen LogP contribution in [-0.2, 0) is 4.79 Å². The average molecular weight is 230 g/mol. The highest BCUT2D eigenvalue weighted by Gasteiger charge is 2.34. The van der Waals surface area contributed by atoms with Gasteiger partial charge in [-0.3, -0.25) is 10.1 Å². The number of benzene rings is 1. The summed E-state index contributed by atoms with van der Waals surface area (Å²) in [5.74, 6) is 0.968. The summed E-state index contributed by atoms with van der Waals surface area (Å²) in [5.41, 5.74) is 1.19. The van der Waals surface area contributed by atoms with E-state index in [1.807, 2.05) is 23.1 Å². The van der Waals surface area contributed by atoms with Gasteiger partial charge in [-0.15, -0.1) is 0 Å². The first kappa shape index (κ1) is 10.8. The highest BCUT2D eigenvalue weighted by molar-refractivity contribution is 5.81. The van der Waals surface area contributed by atoms with E-state index in [1.165, 1.54) is 24.8 Å². The lowest BCUT2D eigenvalue weighted by Crippen LogP contribution is -2.36. The van der Waals surface area contributed by atoms with Gasteiger partial charge in [-0.05, 0) is 24.3 Å². The van der Waals surface area contributed by atoms with E-state index in [0.29, 0.717) is 6.54 Å². The third-order valence-corrected chi connectivity index (χ3v) is 3.87.